The van der Waals surface area contributed by atoms with Crippen LogP contribution in [0.25, 0.3) is 0 Å². The van der Waals surface area contributed by atoms with Crippen molar-refractivity contribution in [3.05, 3.63) is 59.7 Å². The standard InChI is InChI=1S/C18H18FN5O2/c1-18(10-15(25)24(2)17(20)23-18)12-9-11(6-7-13(12)19)22-16(26)14-5-3-4-8-21-14/h3-9H,10H2,1-2H3,(H2,20,23)(H,22,26). The third-order valence-electron chi connectivity index (χ3n) is 4.28. The molecule has 0 aliphatic carbocycles. The van der Waals surface area contributed by atoms with Crippen LogP contribution in [0.5, 0.6) is 0 Å². The summed E-state index contributed by atoms with van der Waals surface area (Å²) in [6.45, 7) is 1.63. The van der Waals surface area contributed by atoms with E-state index in [4.69, 9.17) is 5.73 Å². The van der Waals surface area contributed by atoms with Gasteiger partial charge < -0.3 is 11.1 Å². The van der Waals surface area contributed by atoms with E-state index in [1.54, 1.807) is 25.1 Å². The Kier molecular flexibility index (Phi) is 4.41. The summed E-state index contributed by atoms with van der Waals surface area (Å²) in [4.78, 5) is 33.8. The highest BCUT2D eigenvalue weighted by molar-refractivity contribution is 6.03. The second kappa shape index (κ2) is 6.55. The molecule has 1 aliphatic heterocycles. The molecule has 0 fully saturated rings. The Hall–Kier alpha value is -3.29. The molecule has 2 amide bonds. The molecular weight excluding hydrogens is 337 g/mol. The number of anilines is 1. The minimum Gasteiger partial charge on any atom is -0.369 e. The minimum absolute atomic E-state index is 0.0195. The van der Waals surface area contributed by atoms with Crippen molar-refractivity contribution < 1.29 is 14.0 Å². The van der Waals surface area contributed by atoms with Crippen molar-refractivity contribution in [3.8, 4) is 0 Å². The summed E-state index contributed by atoms with van der Waals surface area (Å²) in [5.74, 6) is -1.19. The summed E-state index contributed by atoms with van der Waals surface area (Å²) >= 11 is 0. The van der Waals surface area contributed by atoms with Crippen LogP contribution in [-0.2, 0) is 10.3 Å². The second-order valence-corrected chi connectivity index (χ2v) is 6.24. The van der Waals surface area contributed by atoms with E-state index in [1.165, 1.54) is 36.3 Å². The highest BCUT2D eigenvalue weighted by Crippen LogP contribution is 2.35. The topological polar surface area (TPSA) is 101 Å². The number of carbonyl (C=O) groups excluding carboxylic acids is 2. The molecule has 1 aromatic heterocycles. The number of aromatic nitrogens is 1. The van der Waals surface area contributed by atoms with E-state index in [1.807, 2.05) is 0 Å². The lowest BCUT2D eigenvalue weighted by Gasteiger charge is -2.34. The fraction of sp³-hybridized carbons (Fsp3) is 0.222. The number of guanidine groups is 1. The number of nitrogens with two attached hydrogens (primary N) is 1. The van der Waals surface area contributed by atoms with Gasteiger partial charge in [-0.15, -0.1) is 0 Å². The Balaban J connectivity index is 1.94. The van der Waals surface area contributed by atoms with Crippen molar-refractivity contribution in [3.63, 3.8) is 0 Å². The second-order valence-electron chi connectivity index (χ2n) is 6.24. The molecular formula is C18H18FN5O2. The average molecular weight is 355 g/mol. The number of carbonyl (C=O) groups is 2. The molecule has 3 N–H and O–H groups in total. The number of hydrogen-bond acceptors (Lipinski definition) is 5. The molecule has 134 valence electrons. The van der Waals surface area contributed by atoms with Gasteiger partial charge >= 0.3 is 0 Å². The fourth-order valence-corrected chi connectivity index (χ4v) is 2.77. The van der Waals surface area contributed by atoms with Gasteiger partial charge in [-0.05, 0) is 37.3 Å². The van der Waals surface area contributed by atoms with E-state index in [-0.39, 0.29) is 29.5 Å². The zero-order valence-electron chi connectivity index (χ0n) is 14.4. The average Bonchev–Trinajstić information content (AvgIpc) is 2.62. The van der Waals surface area contributed by atoms with Gasteiger partial charge in [-0.2, -0.15) is 0 Å². The minimum atomic E-state index is -1.15. The number of halogens is 1. The van der Waals surface area contributed by atoms with Crippen molar-refractivity contribution in [2.24, 2.45) is 10.7 Å². The summed E-state index contributed by atoms with van der Waals surface area (Å²) in [7, 11) is 1.51. The molecule has 1 aromatic carbocycles. The molecule has 0 bridgehead atoms. The first kappa shape index (κ1) is 17.5. The maximum absolute atomic E-state index is 14.5. The van der Waals surface area contributed by atoms with Gasteiger partial charge in [-0.3, -0.25) is 19.5 Å². The first-order valence-electron chi connectivity index (χ1n) is 7.94. The van der Waals surface area contributed by atoms with E-state index >= 15 is 0 Å². The lowest BCUT2D eigenvalue weighted by Crippen LogP contribution is -2.47. The van der Waals surface area contributed by atoms with Gasteiger partial charge in [0.1, 0.15) is 11.5 Å². The lowest BCUT2D eigenvalue weighted by molar-refractivity contribution is -0.128. The number of rotatable bonds is 3. The van der Waals surface area contributed by atoms with Crippen LogP contribution in [0.3, 0.4) is 0 Å². The molecule has 2 heterocycles. The van der Waals surface area contributed by atoms with E-state index in [0.29, 0.717) is 5.69 Å². The molecule has 0 spiro atoms. The van der Waals surface area contributed by atoms with Crippen LogP contribution in [0.15, 0.2) is 47.6 Å². The number of nitrogens with zero attached hydrogens (tertiary/aromatic N) is 3. The normalized spacial score (nSPS) is 19.9. The third kappa shape index (κ3) is 3.26. The first-order chi connectivity index (χ1) is 12.3. The molecule has 2 aromatic rings. The maximum Gasteiger partial charge on any atom is 0.274 e. The summed E-state index contributed by atoms with van der Waals surface area (Å²) in [6.07, 6.45) is 1.48. The Morgan fingerprint density at radius 1 is 1.35 bits per heavy atom. The SMILES string of the molecule is CN1C(=O)CC(C)(c2cc(NC(=O)c3ccccn3)ccc2F)N=C1N. The zero-order valence-corrected chi connectivity index (χ0v) is 14.4. The van der Waals surface area contributed by atoms with Crippen molar-refractivity contribution in [2.45, 2.75) is 18.9 Å². The Labute approximate surface area is 149 Å². The van der Waals surface area contributed by atoms with Crippen LogP contribution in [-0.4, -0.2) is 34.7 Å². The number of aliphatic imine (C=N–C) groups is 1. The number of hydrogen-bond donors (Lipinski definition) is 2. The summed E-state index contributed by atoms with van der Waals surface area (Å²) in [5, 5.41) is 2.67. The van der Waals surface area contributed by atoms with Gasteiger partial charge in [0, 0.05) is 24.5 Å². The van der Waals surface area contributed by atoms with Gasteiger partial charge in [0.2, 0.25) is 5.91 Å². The molecule has 7 nitrogen and oxygen atoms in total. The zero-order chi connectivity index (χ0) is 18.9. The first-order valence-corrected chi connectivity index (χ1v) is 7.94. The quantitative estimate of drug-likeness (QED) is 0.877. The highest BCUT2D eigenvalue weighted by atomic mass is 19.1. The number of amides is 2. The highest BCUT2D eigenvalue weighted by Gasteiger charge is 2.38. The van der Waals surface area contributed by atoms with Crippen LogP contribution in [0.1, 0.15) is 29.4 Å². The van der Waals surface area contributed by atoms with Gasteiger partial charge in [0.25, 0.3) is 5.91 Å². The third-order valence-corrected chi connectivity index (χ3v) is 4.28. The monoisotopic (exact) mass is 355 g/mol. The Bertz CT molecular complexity index is 900. The molecule has 26 heavy (non-hydrogen) atoms. The molecule has 0 saturated heterocycles. The van der Waals surface area contributed by atoms with E-state index in [0.717, 1.165) is 0 Å². The largest absolute Gasteiger partial charge is 0.369 e. The van der Waals surface area contributed by atoms with Crippen molar-refractivity contribution in [2.75, 3.05) is 12.4 Å². The van der Waals surface area contributed by atoms with Crippen molar-refractivity contribution in [1.29, 1.82) is 0 Å². The van der Waals surface area contributed by atoms with E-state index in [2.05, 4.69) is 15.3 Å². The van der Waals surface area contributed by atoms with Crippen molar-refractivity contribution >= 4 is 23.5 Å². The van der Waals surface area contributed by atoms with Crippen LogP contribution in [0.4, 0.5) is 10.1 Å². The molecule has 0 radical (unpaired) electrons. The molecule has 1 aliphatic rings. The van der Waals surface area contributed by atoms with Crippen LogP contribution in [0, 0.1) is 5.82 Å². The Morgan fingerprint density at radius 3 is 2.77 bits per heavy atom. The smallest absolute Gasteiger partial charge is 0.274 e. The molecule has 0 saturated carbocycles. The van der Waals surface area contributed by atoms with E-state index < -0.39 is 17.3 Å². The predicted octanol–water partition coefficient (Wildman–Crippen LogP) is 1.86. The Morgan fingerprint density at radius 2 is 2.12 bits per heavy atom. The maximum atomic E-state index is 14.5. The van der Waals surface area contributed by atoms with E-state index in [9.17, 15) is 14.0 Å². The number of nitrogens with one attached hydrogen (secondary N) is 1. The fourth-order valence-electron chi connectivity index (χ4n) is 2.77. The van der Waals surface area contributed by atoms with Crippen LogP contribution >= 0.6 is 0 Å². The van der Waals surface area contributed by atoms with Crippen LogP contribution in [0.2, 0.25) is 0 Å². The van der Waals surface area contributed by atoms with Gasteiger partial charge in [-0.1, -0.05) is 6.07 Å². The lowest BCUT2D eigenvalue weighted by atomic mass is 9.87. The molecule has 3 rings (SSSR count). The molecule has 1 unspecified atom stereocenters. The number of benzene rings is 1. The van der Waals surface area contributed by atoms with Gasteiger partial charge in [0.15, 0.2) is 5.96 Å². The van der Waals surface area contributed by atoms with Crippen LogP contribution < -0.4 is 11.1 Å². The van der Waals surface area contributed by atoms with Gasteiger partial charge in [-0.25, -0.2) is 9.38 Å². The summed E-state index contributed by atoms with van der Waals surface area (Å²) < 4.78 is 14.5. The van der Waals surface area contributed by atoms with Crippen molar-refractivity contribution in [1.82, 2.24) is 9.88 Å². The van der Waals surface area contributed by atoms with Gasteiger partial charge in [0.05, 0.1) is 12.0 Å². The molecule has 8 heteroatoms. The summed E-state index contributed by atoms with van der Waals surface area (Å²) in [5.41, 5.74) is 5.42. The summed E-state index contributed by atoms with van der Waals surface area (Å²) in [6, 6.07) is 9.09. The predicted molar refractivity (Wildman–Crippen MR) is 95.0 cm³/mol. The molecule has 1 atom stereocenters. The number of pyridine rings is 1.